The molecule has 3 aromatic heterocycles. The van der Waals surface area contributed by atoms with E-state index in [4.69, 9.17) is 16.9 Å². The Labute approximate surface area is 138 Å². The number of hydrogen-bond donors (Lipinski definition) is 1. The summed E-state index contributed by atoms with van der Waals surface area (Å²) < 4.78 is 1.91. The van der Waals surface area contributed by atoms with Gasteiger partial charge in [0.15, 0.2) is 0 Å². The van der Waals surface area contributed by atoms with E-state index in [2.05, 4.69) is 20.3 Å². The van der Waals surface area contributed by atoms with Crippen molar-refractivity contribution in [1.29, 1.82) is 5.26 Å². The average molecular weight is 325 g/mol. The van der Waals surface area contributed by atoms with Crippen molar-refractivity contribution >= 4 is 17.4 Å². The number of pyridine rings is 2. The number of nitrogens with one attached hydrogen (secondary N) is 1. The molecule has 7 heteroatoms. The molecule has 0 saturated carbocycles. The molecule has 3 rings (SSSR count). The lowest BCUT2D eigenvalue weighted by Gasteiger charge is -2.09. The number of nitrogens with zero attached hydrogens (tertiary/aromatic N) is 5. The first-order valence-corrected chi connectivity index (χ1v) is 7.30. The maximum Gasteiger partial charge on any atom is 0.145 e. The van der Waals surface area contributed by atoms with Gasteiger partial charge in [-0.3, -0.25) is 4.57 Å². The molecule has 0 aliphatic heterocycles. The van der Waals surface area contributed by atoms with Crippen molar-refractivity contribution in [3.63, 3.8) is 0 Å². The van der Waals surface area contributed by atoms with E-state index >= 15 is 0 Å². The third-order valence-corrected chi connectivity index (χ3v) is 3.60. The summed E-state index contributed by atoms with van der Waals surface area (Å²) in [6, 6.07) is 7.48. The van der Waals surface area contributed by atoms with Crippen molar-refractivity contribution in [3.8, 4) is 11.9 Å². The molecule has 0 radical (unpaired) electrons. The van der Waals surface area contributed by atoms with Crippen molar-refractivity contribution in [3.05, 3.63) is 65.0 Å². The van der Waals surface area contributed by atoms with Gasteiger partial charge in [-0.15, -0.1) is 0 Å². The molecule has 23 heavy (non-hydrogen) atoms. The van der Waals surface area contributed by atoms with Crippen molar-refractivity contribution in [2.45, 2.75) is 13.5 Å². The van der Waals surface area contributed by atoms with Gasteiger partial charge in [0.25, 0.3) is 0 Å². The highest BCUT2D eigenvalue weighted by Crippen LogP contribution is 2.20. The fraction of sp³-hybridized carbons (Fsp3) is 0.125. The summed E-state index contributed by atoms with van der Waals surface area (Å²) in [6.45, 7) is 2.47. The van der Waals surface area contributed by atoms with E-state index < -0.39 is 0 Å². The van der Waals surface area contributed by atoms with E-state index in [-0.39, 0.29) is 0 Å². The van der Waals surface area contributed by atoms with Crippen LogP contribution in [0.3, 0.4) is 0 Å². The van der Waals surface area contributed by atoms with Crippen LogP contribution in [0.25, 0.3) is 5.82 Å². The fourth-order valence-corrected chi connectivity index (χ4v) is 2.37. The molecule has 1 N–H and O–H groups in total. The molecule has 3 aromatic rings. The van der Waals surface area contributed by atoms with Gasteiger partial charge in [0, 0.05) is 31.3 Å². The Morgan fingerprint density at radius 1 is 1.26 bits per heavy atom. The highest BCUT2D eigenvalue weighted by molar-refractivity contribution is 6.33. The second-order valence-electron chi connectivity index (χ2n) is 4.89. The Kier molecular flexibility index (Phi) is 4.22. The predicted molar refractivity (Wildman–Crippen MR) is 87.4 cm³/mol. The third kappa shape index (κ3) is 3.30. The first-order valence-electron chi connectivity index (χ1n) is 6.92. The Hall–Kier alpha value is -2.91. The number of hydrogen-bond acceptors (Lipinski definition) is 5. The predicted octanol–water partition coefficient (Wildman–Crippen LogP) is 3.11. The standard InChI is InChI=1S/C16H13ClN6/c1-11-19-4-5-23(11)15-7-12(2-3-20-15)9-21-16-14(17)6-13(8-18)10-22-16/h2-7,10H,9H2,1H3,(H,21,22). The van der Waals surface area contributed by atoms with Gasteiger partial charge in [-0.05, 0) is 30.7 Å². The van der Waals surface area contributed by atoms with Crippen LogP contribution in [0.15, 0.2) is 43.0 Å². The first-order chi connectivity index (χ1) is 11.2. The van der Waals surface area contributed by atoms with Gasteiger partial charge < -0.3 is 5.32 Å². The summed E-state index contributed by atoms with van der Waals surface area (Å²) in [5, 5.41) is 12.4. The molecule has 0 unspecified atom stereocenters. The number of imidazole rings is 1. The summed E-state index contributed by atoms with van der Waals surface area (Å²) in [6.07, 6.45) is 6.84. The molecule has 6 nitrogen and oxygen atoms in total. The van der Waals surface area contributed by atoms with Gasteiger partial charge >= 0.3 is 0 Å². The maximum absolute atomic E-state index is 8.82. The minimum atomic E-state index is 0.420. The molecule has 114 valence electrons. The van der Waals surface area contributed by atoms with Gasteiger partial charge in [0.05, 0.1) is 10.6 Å². The van der Waals surface area contributed by atoms with Crippen LogP contribution in [0.4, 0.5) is 5.82 Å². The zero-order valence-corrected chi connectivity index (χ0v) is 13.1. The lowest BCUT2D eigenvalue weighted by atomic mass is 10.2. The zero-order chi connectivity index (χ0) is 16.2. The lowest BCUT2D eigenvalue weighted by Crippen LogP contribution is -2.05. The van der Waals surface area contributed by atoms with Crippen molar-refractivity contribution in [1.82, 2.24) is 19.5 Å². The topological polar surface area (TPSA) is 79.4 Å². The summed E-state index contributed by atoms with van der Waals surface area (Å²) in [5.74, 6) is 2.22. The van der Waals surface area contributed by atoms with E-state index in [1.807, 2.05) is 35.9 Å². The SMILES string of the molecule is Cc1nccn1-c1cc(CNc2ncc(C#N)cc2Cl)ccn1. The van der Waals surface area contributed by atoms with E-state index in [0.717, 1.165) is 17.2 Å². The third-order valence-electron chi connectivity index (χ3n) is 3.31. The highest BCUT2D eigenvalue weighted by atomic mass is 35.5. The first kappa shape index (κ1) is 15.0. The smallest absolute Gasteiger partial charge is 0.145 e. The Bertz CT molecular complexity index is 880. The lowest BCUT2D eigenvalue weighted by molar-refractivity contribution is 0.924. The molecular formula is C16H13ClN6. The molecule has 0 amide bonds. The van der Waals surface area contributed by atoms with Gasteiger partial charge in [0.2, 0.25) is 0 Å². The second-order valence-corrected chi connectivity index (χ2v) is 5.29. The quantitative estimate of drug-likeness (QED) is 0.797. The van der Waals surface area contributed by atoms with Gasteiger partial charge in [-0.25, -0.2) is 15.0 Å². The molecule has 0 saturated heterocycles. The summed E-state index contributed by atoms with van der Waals surface area (Å²) >= 11 is 6.11. The number of halogens is 1. The fourth-order valence-electron chi connectivity index (χ4n) is 2.14. The van der Waals surface area contributed by atoms with Crippen molar-refractivity contribution < 1.29 is 0 Å². The molecule has 0 aliphatic carbocycles. The molecule has 3 heterocycles. The molecule has 0 aromatic carbocycles. The summed E-state index contributed by atoms with van der Waals surface area (Å²) in [7, 11) is 0. The van der Waals surface area contributed by atoms with Crippen molar-refractivity contribution in [2.24, 2.45) is 0 Å². The number of rotatable bonds is 4. The minimum Gasteiger partial charge on any atom is -0.365 e. The van der Waals surface area contributed by atoms with Crippen LogP contribution < -0.4 is 5.32 Å². The average Bonchev–Trinajstić information content (AvgIpc) is 3.00. The van der Waals surface area contributed by atoms with Crippen LogP contribution in [0.5, 0.6) is 0 Å². The molecular weight excluding hydrogens is 312 g/mol. The Morgan fingerprint density at radius 3 is 2.83 bits per heavy atom. The minimum absolute atomic E-state index is 0.420. The monoisotopic (exact) mass is 324 g/mol. The summed E-state index contributed by atoms with van der Waals surface area (Å²) in [5.41, 5.74) is 1.47. The number of nitriles is 1. The molecule has 0 atom stereocenters. The zero-order valence-electron chi connectivity index (χ0n) is 12.4. The van der Waals surface area contributed by atoms with Crippen LogP contribution in [0.1, 0.15) is 17.0 Å². The molecule has 0 spiro atoms. The van der Waals surface area contributed by atoms with Gasteiger partial charge in [-0.2, -0.15) is 5.26 Å². The molecule has 0 aliphatic rings. The Morgan fingerprint density at radius 2 is 2.13 bits per heavy atom. The van der Waals surface area contributed by atoms with E-state index in [0.29, 0.717) is 22.9 Å². The summed E-state index contributed by atoms with van der Waals surface area (Å²) in [4.78, 5) is 12.7. The molecule has 0 fully saturated rings. The van der Waals surface area contributed by atoms with E-state index in [1.165, 1.54) is 6.20 Å². The largest absolute Gasteiger partial charge is 0.365 e. The maximum atomic E-state index is 8.82. The van der Waals surface area contributed by atoms with Crippen LogP contribution >= 0.6 is 11.6 Å². The van der Waals surface area contributed by atoms with Gasteiger partial charge in [0.1, 0.15) is 23.5 Å². The normalized spacial score (nSPS) is 10.3. The second kappa shape index (κ2) is 6.46. The van der Waals surface area contributed by atoms with Crippen molar-refractivity contribution in [2.75, 3.05) is 5.32 Å². The number of aromatic nitrogens is 4. The van der Waals surface area contributed by atoms with Gasteiger partial charge in [-0.1, -0.05) is 11.6 Å². The molecule has 0 bridgehead atoms. The highest BCUT2D eigenvalue weighted by Gasteiger charge is 2.06. The van der Waals surface area contributed by atoms with Crippen LogP contribution in [-0.4, -0.2) is 19.5 Å². The van der Waals surface area contributed by atoms with Crippen LogP contribution in [0.2, 0.25) is 5.02 Å². The Balaban J connectivity index is 1.77. The number of aryl methyl sites for hydroxylation is 1. The number of anilines is 1. The van der Waals surface area contributed by atoms with E-state index in [9.17, 15) is 0 Å². The van der Waals surface area contributed by atoms with Crippen LogP contribution in [0, 0.1) is 18.3 Å². The van der Waals surface area contributed by atoms with E-state index in [1.54, 1.807) is 18.5 Å². The van der Waals surface area contributed by atoms with Crippen LogP contribution in [-0.2, 0) is 6.54 Å².